The van der Waals surface area contributed by atoms with Gasteiger partial charge in [0.15, 0.2) is 5.05 Å². The summed E-state index contributed by atoms with van der Waals surface area (Å²) in [5, 5.41) is 17.1. The predicted molar refractivity (Wildman–Crippen MR) is 68.7 cm³/mol. The minimum atomic E-state index is -0.759. The minimum Gasteiger partial charge on any atom is -0.502 e. The molecular formula is C12H18O3S. The highest BCUT2D eigenvalue weighted by Gasteiger charge is 2.35. The lowest BCUT2D eigenvalue weighted by Crippen LogP contribution is -2.32. The molecule has 16 heavy (non-hydrogen) atoms. The van der Waals surface area contributed by atoms with E-state index in [9.17, 15) is 4.79 Å². The van der Waals surface area contributed by atoms with Gasteiger partial charge in [0, 0.05) is 6.42 Å². The third-order valence-corrected chi connectivity index (χ3v) is 2.95. The normalized spacial score (nSPS) is 26.8. The zero-order chi connectivity index (χ0) is 12.8. The largest absolute Gasteiger partial charge is 0.502 e. The first kappa shape index (κ1) is 14.8. The average molecular weight is 242 g/mol. The minimum absolute atomic E-state index is 0.0741. The van der Waals surface area contributed by atoms with Gasteiger partial charge in [-0.25, -0.2) is 0 Å². The number of rotatable bonds is 2. The number of aliphatic hydroxyl groups is 1. The highest BCUT2D eigenvalue weighted by Crippen LogP contribution is 2.32. The molecule has 0 aromatic rings. The van der Waals surface area contributed by atoms with Gasteiger partial charge in [-0.15, -0.1) is 0 Å². The molecule has 3 nitrogen and oxygen atoms in total. The van der Waals surface area contributed by atoms with Crippen LogP contribution < -0.4 is 0 Å². The number of carboxylic acid groups (broad SMARTS) is 1. The van der Waals surface area contributed by atoms with E-state index in [0.29, 0.717) is 6.42 Å². The molecule has 0 heterocycles. The summed E-state index contributed by atoms with van der Waals surface area (Å²) in [5.74, 6) is -0.685. The van der Waals surface area contributed by atoms with Gasteiger partial charge in [0.05, 0.1) is 5.41 Å². The summed E-state index contributed by atoms with van der Waals surface area (Å²) < 4.78 is 0. The number of allylic oxidation sites excluding steroid dienone is 3. The van der Waals surface area contributed by atoms with Crippen LogP contribution >= 0.6 is 12.2 Å². The standard InChI is InChI=1S/C9H12O2.C3H6OS/c1-7-5-3-4-6-9(7,2)8(10)11;1-2-3(4)5/h3-7H,1-2H3,(H,10,11);2H2,1H3,(H,4,5). The fourth-order valence-corrected chi connectivity index (χ4v) is 1.10. The fraction of sp³-hybridized carbons (Fsp3) is 0.500. The van der Waals surface area contributed by atoms with Crippen LogP contribution in [0.5, 0.6) is 0 Å². The summed E-state index contributed by atoms with van der Waals surface area (Å²) in [6, 6.07) is 0. The van der Waals surface area contributed by atoms with Gasteiger partial charge < -0.3 is 10.2 Å². The lowest BCUT2D eigenvalue weighted by molar-refractivity contribution is -0.146. The summed E-state index contributed by atoms with van der Waals surface area (Å²) in [7, 11) is 0. The fourth-order valence-electron chi connectivity index (χ4n) is 1.10. The molecule has 1 rings (SSSR count). The molecule has 2 unspecified atom stereocenters. The molecule has 0 aliphatic heterocycles. The number of carboxylic acids is 1. The van der Waals surface area contributed by atoms with E-state index in [-0.39, 0.29) is 11.0 Å². The van der Waals surface area contributed by atoms with E-state index in [1.54, 1.807) is 19.1 Å². The first-order valence-corrected chi connectivity index (χ1v) is 5.56. The van der Waals surface area contributed by atoms with Gasteiger partial charge >= 0.3 is 5.97 Å². The maximum absolute atomic E-state index is 10.8. The van der Waals surface area contributed by atoms with Gasteiger partial charge in [0.25, 0.3) is 0 Å². The highest BCUT2D eigenvalue weighted by atomic mass is 32.1. The monoisotopic (exact) mass is 242 g/mol. The topological polar surface area (TPSA) is 57.5 Å². The van der Waals surface area contributed by atoms with Crippen LogP contribution in [0.15, 0.2) is 24.3 Å². The van der Waals surface area contributed by atoms with E-state index in [4.69, 9.17) is 10.2 Å². The van der Waals surface area contributed by atoms with Crippen molar-refractivity contribution in [2.75, 3.05) is 0 Å². The van der Waals surface area contributed by atoms with Crippen LogP contribution in [0.2, 0.25) is 0 Å². The van der Waals surface area contributed by atoms with Gasteiger partial charge in [0.1, 0.15) is 0 Å². The zero-order valence-corrected chi connectivity index (χ0v) is 10.6. The Morgan fingerprint density at radius 1 is 1.44 bits per heavy atom. The predicted octanol–water partition coefficient (Wildman–Crippen LogP) is 3.12. The lowest BCUT2D eigenvalue weighted by atomic mass is 9.75. The molecule has 0 fully saturated rings. The average Bonchev–Trinajstić information content (AvgIpc) is 2.23. The molecule has 0 aromatic carbocycles. The van der Waals surface area contributed by atoms with E-state index >= 15 is 0 Å². The van der Waals surface area contributed by atoms with E-state index in [1.165, 1.54) is 0 Å². The van der Waals surface area contributed by atoms with Gasteiger partial charge in [0.2, 0.25) is 0 Å². The van der Waals surface area contributed by atoms with Crippen LogP contribution in [0, 0.1) is 11.3 Å². The molecular weight excluding hydrogens is 224 g/mol. The summed E-state index contributed by atoms with van der Waals surface area (Å²) in [6.07, 6.45) is 7.91. The van der Waals surface area contributed by atoms with Crippen molar-refractivity contribution < 1.29 is 15.0 Å². The van der Waals surface area contributed by atoms with Crippen molar-refractivity contribution in [2.45, 2.75) is 27.2 Å². The first-order chi connectivity index (χ1) is 7.34. The van der Waals surface area contributed by atoms with Crippen molar-refractivity contribution in [3.05, 3.63) is 24.3 Å². The Balaban J connectivity index is 0.000000385. The molecule has 0 aromatic heterocycles. The Labute approximate surface area is 101 Å². The Kier molecular flexibility index (Phi) is 5.96. The van der Waals surface area contributed by atoms with E-state index in [2.05, 4.69) is 12.2 Å². The molecule has 2 N–H and O–H groups in total. The van der Waals surface area contributed by atoms with Crippen molar-refractivity contribution in [3.63, 3.8) is 0 Å². The number of aliphatic hydroxyl groups excluding tert-OH is 1. The van der Waals surface area contributed by atoms with Crippen molar-refractivity contribution in [2.24, 2.45) is 11.3 Å². The first-order valence-electron chi connectivity index (χ1n) is 5.15. The number of thiocarbonyl (C=S) groups is 1. The molecule has 0 radical (unpaired) electrons. The van der Waals surface area contributed by atoms with E-state index in [1.807, 2.05) is 26.0 Å². The molecule has 0 saturated carbocycles. The van der Waals surface area contributed by atoms with Gasteiger partial charge in [-0.05, 0) is 25.1 Å². The number of carbonyl (C=O) groups is 1. The van der Waals surface area contributed by atoms with Gasteiger partial charge in [-0.1, -0.05) is 38.2 Å². The molecule has 0 amide bonds. The smallest absolute Gasteiger partial charge is 0.313 e. The third kappa shape index (κ3) is 4.14. The quantitative estimate of drug-likeness (QED) is 0.730. The van der Waals surface area contributed by atoms with Crippen molar-refractivity contribution in [1.29, 1.82) is 0 Å². The second-order valence-corrected chi connectivity index (χ2v) is 4.34. The number of hydrogen-bond donors (Lipinski definition) is 2. The highest BCUT2D eigenvalue weighted by molar-refractivity contribution is 7.80. The summed E-state index contributed by atoms with van der Waals surface area (Å²) >= 11 is 4.25. The molecule has 1 aliphatic carbocycles. The van der Waals surface area contributed by atoms with Crippen LogP contribution in [0.3, 0.4) is 0 Å². The van der Waals surface area contributed by atoms with Crippen molar-refractivity contribution >= 4 is 23.2 Å². The molecule has 1 aliphatic rings. The van der Waals surface area contributed by atoms with E-state index in [0.717, 1.165) is 0 Å². The maximum Gasteiger partial charge on any atom is 0.313 e. The molecule has 90 valence electrons. The van der Waals surface area contributed by atoms with Gasteiger partial charge in [-0.2, -0.15) is 0 Å². The Morgan fingerprint density at radius 2 is 1.94 bits per heavy atom. The molecule has 0 saturated heterocycles. The second kappa shape index (κ2) is 6.43. The van der Waals surface area contributed by atoms with Crippen LogP contribution in [0.25, 0.3) is 0 Å². The summed E-state index contributed by atoms with van der Waals surface area (Å²) in [4.78, 5) is 10.8. The zero-order valence-electron chi connectivity index (χ0n) is 9.80. The third-order valence-electron chi connectivity index (χ3n) is 2.66. The van der Waals surface area contributed by atoms with Crippen LogP contribution in [-0.2, 0) is 4.79 Å². The Morgan fingerprint density at radius 3 is 2.19 bits per heavy atom. The Bertz CT molecular complexity index is 320. The summed E-state index contributed by atoms with van der Waals surface area (Å²) in [5.41, 5.74) is -0.714. The SMILES string of the molecule is CC1C=CC=CC1(C)C(=O)O.CCC(O)=S. The summed E-state index contributed by atoms with van der Waals surface area (Å²) in [6.45, 7) is 5.45. The number of aliphatic carboxylic acids is 1. The lowest BCUT2D eigenvalue weighted by Gasteiger charge is -2.27. The van der Waals surface area contributed by atoms with Crippen LogP contribution in [-0.4, -0.2) is 21.2 Å². The van der Waals surface area contributed by atoms with Crippen molar-refractivity contribution in [3.8, 4) is 0 Å². The second-order valence-electron chi connectivity index (χ2n) is 3.87. The van der Waals surface area contributed by atoms with Crippen LogP contribution in [0.4, 0.5) is 0 Å². The van der Waals surface area contributed by atoms with Gasteiger partial charge in [-0.3, -0.25) is 4.79 Å². The number of hydrogen-bond acceptors (Lipinski definition) is 2. The van der Waals surface area contributed by atoms with Crippen molar-refractivity contribution in [1.82, 2.24) is 0 Å². The molecule has 4 heteroatoms. The van der Waals surface area contributed by atoms with E-state index < -0.39 is 11.4 Å². The molecule has 2 atom stereocenters. The molecule has 0 bridgehead atoms. The Hall–Kier alpha value is -1.16. The van der Waals surface area contributed by atoms with Crippen LogP contribution in [0.1, 0.15) is 27.2 Å². The molecule has 0 spiro atoms. The maximum atomic E-state index is 10.8.